The lowest BCUT2D eigenvalue weighted by Gasteiger charge is -2.36. The second kappa shape index (κ2) is 5.75. The number of anilines is 1. The second-order valence-corrected chi connectivity index (χ2v) is 5.28. The van der Waals surface area contributed by atoms with Gasteiger partial charge < -0.3 is 14.5 Å². The lowest BCUT2D eigenvalue weighted by atomic mass is 10.2. The summed E-state index contributed by atoms with van der Waals surface area (Å²) in [6.45, 7) is 3.31. The molecule has 108 valence electrons. The smallest absolute Gasteiger partial charge is 0.248 e. The average molecular weight is 276 g/mol. The minimum absolute atomic E-state index is 0.0695. The Kier molecular flexibility index (Phi) is 3.82. The highest BCUT2D eigenvalue weighted by Gasteiger charge is 2.25. The SMILES string of the molecule is COCC(=O)N1CCN(c2ncnc3c2CCC3)CC1. The van der Waals surface area contributed by atoms with Crippen LogP contribution in [0.1, 0.15) is 17.7 Å². The number of rotatable bonds is 3. The molecule has 3 rings (SSSR count). The Bertz CT molecular complexity index is 498. The highest BCUT2D eigenvalue weighted by Crippen LogP contribution is 2.28. The fourth-order valence-corrected chi connectivity index (χ4v) is 3.00. The van der Waals surface area contributed by atoms with Crippen LogP contribution in [0.4, 0.5) is 5.82 Å². The van der Waals surface area contributed by atoms with Crippen LogP contribution in [0.5, 0.6) is 0 Å². The van der Waals surface area contributed by atoms with Gasteiger partial charge in [-0.1, -0.05) is 0 Å². The standard InChI is InChI=1S/C14H20N4O2/c1-20-9-13(19)17-5-7-18(8-6-17)14-11-3-2-4-12(11)15-10-16-14/h10H,2-9H2,1H3. The number of ether oxygens (including phenoxy) is 1. The molecule has 1 aromatic rings. The maximum Gasteiger partial charge on any atom is 0.248 e. The van der Waals surface area contributed by atoms with Crippen LogP contribution in [0, 0.1) is 0 Å². The first-order chi connectivity index (χ1) is 9.79. The normalized spacial score (nSPS) is 18.2. The molecular weight excluding hydrogens is 256 g/mol. The first kappa shape index (κ1) is 13.3. The van der Waals surface area contributed by atoms with Crippen LogP contribution in [0.25, 0.3) is 0 Å². The summed E-state index contributed by atoms with van der Waals surface area (Å²) in [5.41, 5.74) is 2.51. The molecule has 1 aliphatic heterocycles. The zero-order valence-corrected chi connectivity index (χ0v) is 11.8. The maximum absolute atomic E-state index is 11.8. The van der Waals surface area contributed by atoms with E-state index in [9.17, 15) is 4.79 Å². The minimum atomic E-state index is 0.0695. The quantitative estimate of drug-likeness (QED) is 0.792. The number of aromatic nitrogens is 2. The number of nitrogens with zero attached hydrogens (tertiary/aromatic N) is 4. The number of carbonyl (C=O) groups is 1. The number of hydrogen-bond donors (Lipinski definition) is 0. The maximum atomic E-state index is 11.8. The average Bonchev–Trinajstić information content (AvgIpc) is 2.96. The van der Waals surface area contributed by atoms with Crippen molar-refractivity contribution in [1.82, 2.24) is 14.9 Å². The van der Waals surface area contributed by atoms with Gasteiger partial charge in [-0.3, -0.25) is 4.79 Å². The molecule has 0 aromatic carbocycles. The van der Waals surface area contributed by atoms with Crippen LogP contribution in [-0.4, -0.2) is 60.7 Å². The van der Waals surface area contributed by atoms with Crippen molar-refractivity contribution in [2.24, 2.45) is 0 Å². The summed E-state index contributed by atoms with van der Waals surface area (Å²) in [5, 5.41) is 0. The molecule has 0 unspecified atom stereocenters. The summed E-state index contributed by atoms with van der Waals surface area (Å²) in [6.07, 6.45) is 4.99. The van der Waals surface area contributed by atoms with Gasteiger partial charge in [0.1, 0.15) is 18.8 Å². The molecule has 20 heavy (non-hydrogen) atoms. The topological polar surface area (TPSA) is 58.6 Å². The predicted molar refractivity (Wildman–Crippen MR) is 74.7 cm³/mol. The molecule has 6 nitrogen and oxygen atoms in total. The van der Waals surface area contributed by atoms with Crippen molar-refractivity contribution >= 4 is 11.7 Å². The number of aryl methyl sites for hydroxylation is 1. The molecule has 0 spiro atoms. The number of methoxy groups -OCH3 is 1. The Labute approximate surface area is 118 Å². The van der Waals surface area contributed by atoms with Crippen LogP contribution in [0.3, 0.4) is 0 Å². The van der Waals surface area contributed by atoms with Crippen molar-refractivity contribution < 1.29 is 9.53 Å². The lowest BCUT2D eigenvalue weighted by molar-refractivity contribution is -0.135. The summed E-state index contributed by atoms with van der Waals surface area (Å²) in [6, 6.07) is 0. The zero-order valence-electron chi connectivity index (χ0n) is 11.8. The van der Waals surface area contributed by atoms with Crippen molar-refractivity contribution in [1.29, 1.82) is 0 Å². The van der Waals surface area contributed by atoms with Crippen LogP contribution in [-0.2, 0) is 22.4 Å². The summed E-state index contributed by atoms with van der Waals surface area (Å²) in [5.74, 6) is 1.14. The zero-order chi connectivity index (χ0) is 13.9. The van der Waals surface area contributed by atoms with E-state index in [1.54, 1.807) is 13.4 Å². The molecule has 0 N–H and O–H groups in total. The molecule has 0 atom stereocenters. The number of hydrogen-bond acceptors (Lipinski definition) is 5. The van der Waals surface area contributed by atoms with E-state index >= 15 is 0 Å². The van der Waals surface area contributed by atoms with Gasteiger partial charge >= 0.3 is 0 Å². The predicted octanol–water partition coefficient (Wildman–Crippen LogP) is 0.260. The van der Waals surface area contributed by atoms with Gasteiger partial charge in [-0.15, -0.1) is 0 Å². The van der Waals surface area contributed by atoms with E-state index in [1.165, 1.54) is 17.7 Å². The molecule has 0 bridgehead atoms. The van der Waals surface area contributed by atoms with E-state index in [2.05, 4.69) is 14.9 Å². The molecule has 0 saturated carbocycles. The lowest BCUT2D eigenvalue weighted by Crippen LogP contribution is -2.50. The fourth-order valence-electron chi connectivity index (χ4n) is 3.00. The van der Waals surface area contributed by atoms with Crippen molar-refractivity contribution in [3.8, 4) is 0 Å². The first-order valence-electron chi connectivity index (χ1n) is 7.14. The molecule has 2 aliphatic rings. The van der Waals surface area contributed by atoms with Crippen LogP contribution < -0.4 is 4.90 Å². The molecule has 1 amide bonds. The van der Waals surface area contributed by atoms with Gasteiger partial charge in [0, 0.05) is 44.5 Å². The van der Waals surface area contributed by atoms with E-state index in [0.717, 1.165) is 44.8 Å². The fraction of sp³-hybridized carbons (Fsp3) is 0.643. The van der Waals surface area contributed by atoms with Crippen molar-refractivity contribution in [2.45, 2.75) is 19.3 Å². The van der Waals surface area contributed by atoms with Gasteiger partial charge in [0.15, 0.2) is 0 Å². The Morgan fingerprint density at radius 3 is 2.80 bits per heavy atom. The van der Waals surface area contributed by atoms with Gasteiger partial charge in [0.25, 0.3) is 0 Å². The molecule has 6 heteroatoms. The molecule has 1 aromatic heterocycles. The van der Waals surface area contributed by atoms with E-state index in [0.29, 0.717) is 0 Å². The van der Waals surface area contributed by atoms with Gasteiger partial charge in [-0.25, -0.2) is 9.97 Å². The van der Waals surface area contributed by atoms with Crippen molar-refractivity contribution in [3.05, 3.63) is 17.6 Å². The summed E-state index contributed by atoms with van der Waals surface area (Å²) in [7, 11) is 1.55. The number of piperazine rings is 1. The third-order valence-corrected chi connectivity index (χ3v) is 4.05. The first-order valence-corrected chi connectivity index (χ1v) is 7.14. The van der Waals surface area contributed by atoms with Gasteiger partial charge in [-0.2, -0.15) is 0 Å². The van der Waals surface area contributed by atoms with Crippen LogP contribution in [0.2, 0.25) is 0 Å². The van der Waals surface area contributed by atoms with Gasteiger partial charge in [0.05, 0.1) is 0 Å². The van der Waals surface area contributed by atoms with Gasteiger partial charge in [0.2, 0.25) is 5.91 Å². The van der Waals surface area contributed by atoms with E-state index in [4.69, 9.17) is 4.74 Å². The molecule has 1 fully saturated rings. The monoisotopic (exact) mass is 276 g/mol. The molecular formula is C14H20N4O2. The summed E-state index contributed by atoms with van der Waals surface area (Å²) < 4.78 is 4.90. The largest absolute Gasteiger partial charge is 0.375 e. The number of carbonyl (C=O) groups excluding carboxylic acids is 1. The summed E-state index contributed by atoms with van der Waals surface area (Å²) >= 11 is 0. The Hall–Kier alpha value is -1.69. The third-order valence-electron chi connectivity index (χ3n) is 4.05. The summed E-state index contributed by atoms with van der Waals surface area (Å²) in [4.78, 5) is 24.8. The Morgan fingerprint density at radius 1 is 1.25 bits per heavy atom. The van der Waals surface area contributed by atoms with Crippen LogP contribution >= 0.6 is 0 Å². The van der Waals surface area contributed by atoms with Crippen LogP contribution in [0.15, 0.2) is 6.33 Å². The van der Waals surface area contributed by atoms with Gasteiger partial charge in [-0.05, 0) is 19.3 Å². The van der Waals surface area contributed by atoms with E-state index < -0.39 is 0 Å². The Balaban J connectivity index is 1.67. The molecule has 1 saturated heterocycles. The number of fused-ring (bicyclic) bond motifs is 1. The minimum Gasteiger partial charge on any atom is -0.375 e. The highest BCUT2D eigenvalue weighted by atomic mass is 16.5. The molecule has 0 radical (unpaired) electrons. The van der Waals surface area contributed by atoms with E-state index in [-0.39, 0.29) is 12.5 Å². The van der Waals surface area contributed by atoms with Crippen molar-refractivity contribution in [2.75, 3.05) is 44.8 Å². The van der Waals surface area contributed by atoms with E-state index in [1.807, 2.05) is 4.90 Å². The third kappa shape index (κ3) is 2.47. The number of amides is 1. The second-order valence-electron chi connectivity index (χ2n) is 5.28. The molecule has 2 heterocycles. The Morgan fingerprint density at radius 2 is 2.05 bits per heavy atom. The highest BCUT2D eigenvalue weighted by molar-refractivity contribution is 5.77. The molecule has 1 aliphatic carbocycles. The van der Waals surface area contributed by atoms with Crippen molar-refractivity contribution in [3.63, 3.8) is 0 Å².